The van der Waals surface area contributed by atoms with Crippen molar-refractivity contribution in [2.45, 2.75) is 40.2 Å². The van der Waals surface area contributed by atoms with E-state index < -0.39 is 5.60 Å². The van der Waals surface area contributed by atoms with Crippen LogP contribution in [-0.2, 0) is 4.74 Å². The fourth-order valence-corrected chi connectivity index (χ4v) is 1.79. The van der Waals surface area contributed by atoms with Gasteiger partial charge in [-0.3, -0.25) is 5.32 Å². The number of carbonyl (C=O) groups excluding carboxylic acids is 2. The number of urea groups is 1. The van der Waals surface area contributed by atoms with Crippen molar-refractivity contribution in [3.63, 3.8) is 0 Å². The maximum atomic E-state index is 11.9. The molecule has 8 heteroatoms. The minimum atomic E-state index is -0.526. The number of hydrogen-bond donors (Lipinski definition) is 2. The van der Waals surface area contributed by atoms with Crippen molar-refractivity contribution in [1.82, 2.24) is 15.4 Å². The zero-order valence-corrected chi connectivity index (χ0v) is 14.6. The van der Waals surface area contributed by atoms with Crippen LogP contribution in [0.5, 0.6) is 0 Å². The summed E-state index contributed by atoms with van der Waals surface area (Å²) >= 11 is 0. The summed E-state index contributed by atoms with van der Waals surface area (Å²) in [5, 5.41) is 8.93. The van der Waals surface area contributed by atoms with Gasteiger partial charge in [0.05, 0.1) is 5.69 Å². The van der Waals surface area contributed by atoms with Gasteiger partial charge >= 0.3 is 12.1 Å². The number of carbonyl (C=O) groups is 2. The molecule has 0 bridgehead atoms. The molecule has 1 rings (SSSR count). The van der Waals surface area contributed by atoms with Crippen molar-refractivity contribution in [3.8, 4) is 0 Å². The van der Waals surface area contributed by atoms with E-state index >= 15 is 0 Å². The molecule has 0 saturated heterocycles. The third-order valence-electron chi connectivity index (χ3n) is 2.77. The molecule has 0 unspecified atom stereocenters. The van der Waals surface area contributed by atoms with E-state index in [4.69, 9.17) is 9.26 Å². The molecule has 0 aliphatic heterocycles. The Hall–Kier alpha value is -2.25. The Balaban J connectivity index is 2.31. The lowest BCUT2D eigenvalue weighted by molar-refractivity contribution is 0.0278. The number of nitrogens with one attached hydrogen (secondary N) is 2. The molecule has 1 heterocycles. The first-order valence-electron chi connectivity index (χ1n) is 7.49. The number of hydrogen-bond acceptors (Lipinski definition) is 5. The third kappa shape index (κ3) is 7.53. The minimum absolute atomic E-state index is 0.0646. The van der Waals surface area contributed by atoms with E-state index in [1.165, 1.54) is 4.90 Å². The molecule has 0 aliphatic rings. The Kier molecular flexibility index (Phi) is 6.41. The van der Waals surface area contributed by atoms with Crippen LogP contribution in [0, 0.1) is 12.8 Å². The van der Waals surface area contributed by atoms with Crippen molar-refractivity contribution >= 4 is 18.0 Å². The Bertz CT molecular complexity index is 536. The summed E-state index contributed by atoms with van der Waals surface area (Å²) in [6.45, 7) is 10.0. The average molecular weight is 326 g/mol. The number of ether oxygens (including phenoxy) is 1. The zero-order valence-electron chi connectivity index (χ0n) is 14.6. The summed E-state index contributed by atoms with van der Waals surface area (Å²) in [6, 6.07) is 1.24. The minimum Gasteiger partial charge on any atom is -0.444 e. The molecule has 23 heavy (non-hydrogen) atoms. The van der Waals surface area contributed by atoms with Gasteiger partial charge in [-0.25, -0.2) is 9.59 Å². The summed E-state index contributed by atoms with van der Waals surface area (Å²) in [6.07, 6.45) is -0.383. The van der Waals surface area contributed by atoms with Crippen molar-refractivity contribution in [1.29, 1.82) is 0 Å². The number of aryl methyl sites for hydroxylation is 1. The highest BCUT2D eigenvalue weighted by molar-refractivity contribution is 5.87. The largest absolute Gasteiger partial charge is 0.444 e. The molecule has 0 fully saturated rings. The first-order valence-corrected chi connectivity index (χ1v) is 7.49. The molecule has 2 N–H and O–H groups in total. The number of nitrogens with zero attached hydrogens (tertiary/aromatic N) is 2. The van der Waals surface area contributed by atoms with Gasteiger partial charge in [-0.05, 0) is 33.6 Å². The molecule has 1 atom stereocenters. The predicted octanol–water partition coefficient (Wildman–Crippen LogP) is 2.61. The highest BCUT2D eigenvalue weighted by atomic mass is 16.6. The molecule has 0 radical (unpaired) electrons. The molecule has 0 spiro atoms. The number of aromatic nitrogens is 1. The van der Waals surface area contributed by atoms with Crippen LogP contribution in [0.25, 0.3) is 0 Å². The highest BCUT2D eigenvalue weighted by Gasteiger charge is 2.20. The molecular formula is C15H26N4O4. The quantitative estimate of drug-likeness (QED) is 0.867. The van der Waals surface area contributed by atoms with Gasteiger partial charge < -0.3 is 19.5 Å². The van der Waals surface area contributed by atoms with E-state index in [0.29, 0.717) is 24.7 Å². The Morgan fingerprint density at radius 2 is 2.09 bits per heavy atom. The van der Waals surface area contributed by atoms with Crippen LogP contribution >= 0.6 is 0 Å². The molecule has 8 nitrogen and oxygen atoms in total. The van der Waals surface area contributed by atoms with E-state index in [1.54, 1.807) is 20.0 Å². The van der Waals surface area contributed by atoms with Crippen LogP contribution in [0.4, 0.5) is 15.5 Å². The summed E-state index contributed by atoms with van der Waals surface area (Å²) in [5.41, 5.74) is 0.162. The van der Waals surface area contributed by atoms with Gasteiger partial charge in [0, 0.05) is 26.2 Å². The Labute approximate surface area is 136 Å². The first-order chi connectivity index (χ1) is 10.6. The fourth-order valence-electron chi connectivity index (χ4n) is 1.79. The second-order valence-corrected chi connectivity index (χ2v) is 6.63. The molecule has 130 valence electrons. The lowest BCUT2D eigenvalue weighted by Crippen LogP contribution is -2.40. The van der Waals surface area contributed by atoms with Crippen LogP contribution < -0.4 is 10.6 Å². The summed E-state index contributed by atoms with van der Waals surface area (Å²) in [5.74, 6) is 0.355. The van der Waals surface area contributed by atoms with Gasteiger partial charge in [-0.2, -0.15) is 0 Å². The van der Waals surface area contributed by atoms with Gasteiger partial charge in [-0.15, -0.1) is 0 Å². The normalized spacial score (nSPS) is 12.4. The van der Waals surface area contributed by atoms with E-state index in [1.807, 2.05) is 27.7 Å². The van der Waals surface area contributed by atoms with E-state index in [9.17, 15) is 9.59 Å². The Morgan fingerprint density at radius 3 is 2.61 bits per heavy atom. The maximum absolute atomic E-state index is 11.9. The summed E-state index contributed by atoms with van der Waals surface area (Å²) in [7, 11) is 1.67. The van der Waals surface area contributed by atoms with Gasteiger partial charge in [0.25, 0.3) is 0 Å². The van der Waals surface area contributed by atoms with Gasteiger partial charge in [0.15, 0.2) is 0 Å². The molecule has 1 aromatic rings. The smallest absolute Gasteiger partial charge is 0.410 e. The molecule has 0 aromatic carbocycles. The van der Waals surface area contributed by atoms with E-state index in [-0.39, 0.29) is 18.0 Å². The lowest BCUT2D eigenvalue weighted by Gasteiger charge is -2.26. The van der Waals surface area contributed by atoms with Gasteiger partial charge in [0.1, 0.15) is 5.60 Å². The van der Waals surface area contributed by atoms with Crippen LogP contribution in [0.3, 0.4) is 0 Å². The molecule has 3 amide bonds. The van der Waals surface area contributed by atoms with E-state index in [0.717, 1.165) is 0 Å². The molecule has 0 saturated carbocycles. The third-order valence-corrected chi connectivity index (χ3v) is 2.77. The number of rotatable bonds is 5. The number of amides is 3. The van der Waals surface area contributed by atoms with Gasteiger partial charge in [-0.1, -0.05) is 12.1 Å². The molecular weight excluding hydrogens is 300 g/mol. The topological polar surface area (TPSA) is 96.7 Å². The van der Waals surface area contributed by atoms with E-state index in [2.05, 4.69) is 15.8 Å². The summed E-state index contributed by atoms with van der Waals surface area (Å²) < 4.78 is 10.2. The molecule has 1 aromatic heterocycles. The standard InChI is InChI=1S/C15H26N4O4/c1-10(9-19(6)14(21)22-15(3,4)5)8-16-13(20)17-12-7-11(2)18-23-12/h7,10H,8-9H2,1-6H3,(H2,16,17,20)/t10-/m1/s1. The average Bonchev–Trinajstić information content (AvgIpc) is 2.79. The van der Waals surface area contributed by atoms with Crippen LogP contribution in [0.2, 0.25) is 0 Å². The fraction of sp³-hybridized carbons (Fsp3) is 0.667. The summed E-state index contributed by atoms with van der Waals surface area (Å²) in [4.78, 5) is 25.1. The molecule has 0 aliphatic carbocycles. The SMILES string of the molecule is Cc1cc(NC(=O)NC[C@@H](C)CN(C)C(=O)OC(C)(C)C)on1. The number of anilines is 1. The second-order valence-electron chi connectivity index (χ2n) is 6.63. The lowest BCUT2D eigenvalue weighted by atomic mass is 10.1. The van der Waals surface area contributed by atoms with Crippen LogP contribution in [0.15, 0.2) is 10.6 Å². The maximum Gasteiger partial charge on any atom is 0.410 e. The zero-order chi connectivity index (χ0) is 17.6. The van der Waals surface area contributed by atoms with Gasteiger partial charge in [0.2, 0.25) is 5.88 Å². The van der Waals surface area contributed by atoms with Crippen molar-refractivity contribution in [3.05, 3.63) is 11.8 Å². The highest BCUT2D eigenvalue weighted by Crippen LogP contribution is 2.10. The van der Waals surface area contributed by atoms with Crippen LogP contribution in [0.1, 0.15) is 33.4 Å². The Morgan fingerprint density at radius 1 is 1.43 bits per heavy atom. The van der Waals surface area contributed by atoms with Crippen LogP contribution in [-0.4, -0.2) is 47.9 Å². The van der Waals surface area contributed by atoms with Crippen molar-refractivity contribution in [2.75, 3.05) is 25.5 Å². The monoisotopic (exact) mass is 326 g/mol. The first kappa shape index (κ1) is 18.8. The van der Waals surface area contributed by atoms with Crippen molar-refractivity contribution in [2.24, 2.45) is 5.92 Å². The second kappa shape index (κ2) is 7.85. The van der Waals surface area contributed by atoms with Crippen molar-refractivity contribution < 1.29 is 18.8 Å². The predicted molar refractivity (Wildman–Crippen MR) is 86.3 cm³/mol.